The van der Waals surface area contributed by atoms with Crippen LogP contribution in [0, 0.1) is 12.7 Å². The number of rotatable bonds is 2. The summed E-state index contributed by atoms with van der Waals surface area (Å²) in [4.78, 5) is 11.9. The first-order valence-electron chi connectivity index (χ1n) is 5.50. The molecule has 0 saturated heterocycles. The summed E-state index contributed by atoms with van der Waals surface area (Å²) in [7, 11) is 0. The second kappa shape index (κ2) is 4.87. The van der Waals surface area contributed by atoms with Gasteiger partial charge in [-0.05, 0) is 36.8 Å². The summed E-state index contributed by atoms with van der Waals surface area (Å²) < 4.78 is 13.4. The van der Waals surface area contributed by atoms with Crippen LogP contribution < -0.4 is 11.1 Å². The predicted molar refractivity (Wildman–Crippen MR) is 69.9 cm³/mol. The van der Waals surface area contributed by atoms with Crippen LogP contribution in [0.5, 0.6) is 0 Å². The minimum absolute atomic E-state index is 0.00148. The zero-order valence-corrected chi connectivity index (χ0v) is 9.91. The summed E-state index contributed by atoms with van der Waals surface area (Å²) in [6, 6.07) is 11.1. The standard InChI is InChI=1S/C14H13FN2O/c1-9-6-7-12(16)13(8-9)17-14(18)10-4-2-3-5-11(10)15/h2-8H,16H2,1H3,(H,17,18). The van der Waals surface area contributed by atoms with Gasteiger partial charge < -0.3 is 11.1 Å². The maximum absolute atomic E-state index is 13.4. The maximum atomic E-state index is 13.4. The number of nitrogens with two attached hydrogens (primary N) is 1. The highest BCUT2D eigenvalue weighted by molar-refractivity contribution is 6.05. The lowest BCUT2D eigenvalue weighted by Crippen LogP contribution is -2.14. The van der Waals surface area contributed by atoms with Crippen molar-refractivity contribution in [1.82, 2.24) is 0 Å². The van der Waals surface area contributed by atoms with Crippen LogP contribution in [0.2, 0.25) is 0 Å². The summed E-state index contributed by atoms with van der Waals surface area (Å²) in [6.45, 7) is 1.89. The first-order chi connectivity index (χ1) is 8.58. The monoisotopic (exact) mass is 244 g/mol. The Morgan fingerprint density at radius 2 is 1.94 bits per heavy atom. The summed E-state index contributed by atoms with van der Waals surface area (Å²) in [6.07, 6.45) is 0. The molecule has 0 saturated carbocycles. The normalized spacial score (nSPS) is 10.1. The van der Waals surface area contributed by atoms with E-state index < -0.39 is 11.7 Å². The quantitative estimate of drug-likeness (QED) is 0.798. The first-order valence-corrected chi connectivity index (χ1v) is 5.50. The number of amides is 1. The van der Waals surface area contributed by atoms with Crippen molar-refractivity contribution >= 4 is 17.3 Å². The Labute approximate surface area is 104 Å². The van der Waals surface area contributed by atoms with Crippen LogP contribution in [0.3, 0.4) is 0 Å². The Hall–Kier alpha value is -2.36. The highest BCUT2D eigenvalue weighted by atomic mass is 19.1. The Morgan fingerprint density at radius 3 is 2.67 bits per heavy atom. The Morgan fingerprint density at radius 1 is 1.22 bits per heavy atom. The van der Waals surface area contributed by atoms with E-state index in [-0.39, 0.29) is 5.56 Å². The van der Waals surface area contributed by atoms with Gasteiger partial charge in [0, 0.05) is 0 Å². The van der Waals surface area contributed by atoms with Crippen molar-refractivity contribution in [3.05, 3.63) is 59.4 Å². The predicted octanol–water partition coefficient (Wildman–Crippen LogP) is 2.97. The van der Waals surface area contributed by atoms with Gasteiger partial charge in [0.25, 0.3) is 5.91 Å². The molecule has 3 nitrogen and oxygen atoms in total. The van der Waals surface area contributed by atoms with Gasteiger partial charge >= 0.3 is 0 Å². The minimum Gasteiger partial charge on any atom is -0.397 e. The van der Waals surface area contributed by atoms with Crippen molar-refractivity contribution < 1.29 is 9.18 Å². The van der Waals surface area contributed by atoms with E-state index >= 15 is 0 Å². The molecule has 2 aromatic carbocycles. The molecule has 0 unspecified atom stereocenters. The molecule has 0 heterocycles. The fourth-order valence-corrected chi connectivity index (χ4v) is 1.61. The average Bonchev–Trinajstić information content (AvgIpc) is 2.34. The van der Waals surface area contributed by atoms with Crippen LogP contribution in [0.1, 0.15) is 15.9 Å². The lowest BCUT2D eigenvalue weighted by Gasteiger charge is -2.09. The zero-order valence-electron chi connectivity index (χ0n) is 9.91. The Kier molecular flexibility index (Phi) is 3.28. The molecule has 3 N–H and O–H groups in total. The number of benzene rings is 2. The molecule has 0 aliphatic carbocycles. The molecule has 0 fully saturated rings. The molecule has 0 aliphatic heterocycles. The van der Waals surface area contributed by atoms with E-state index in [9.17, 15) is 9.18 Å². The van der Waals surface area contributed by atoms with E-state index in [2.05, 4.69) is 5.32 Å². The van der Waals surface area contributed by atoms with Gasteiger partial charge in [-0.15, -0.1) is 0 Å². The summed E-state index contributed by atoms with van der Waals surface area (Å²) >= 11 is 0. The molecule has 18 heavy (non-hydrogen) atoms. The SMILES string of the molecule is Cc1ccc(N)c(NC(=O)c2ccccc2F)c1. The number of nitrogen functional groups attached to an aromatic ring is 1. The van der Waals surface area contributed by atoms with Gasteiger partial charge in [-0.1, -0.05) is 18.2 Å². The van der Waals surface area contributed by atoms with E-state index in [1.54, 1.807) is 18.2 Å². The third-order valence-electron chi connectivity index (χ3n) is 2.58. The first kappa shape index (κ1) is 12.1. The third-order valence-corrected chi connectivity index (χ3v) is 2.58. The van der Waals surface area contributed by atoms with E-state index in [0.29, 0.717) is 11.4 Å². The molecule has 4 heteroatoms. The fourth-order valence-electron chi connectivity index (χ4n) is 1.61. The largest absolute Gasteiger partial charge is 0.397 e. The van der Waals surface area contributed by atoms with Crippen molar-refractivity contribution in [3.8, 4) is 0 Å². The van der Waals surface area contributed by atoms with Gasteiger partial charge in [0.15, 0.2) is 0 Å². The molecule has 0 bridgehead atoms. The molecule has 0 atom stereocenters. The molecule has 1 amide bonds. The van der Waals surface area contributed by atoms with Gasteiger partial charge in [0.05, 0.1) is 16.9 Å². The van der Waals surface area contributed by atoms with Crippen LogP contribution >= 0.6 is 0 Å². The molecule has 0 aromatic heterocycles. The second-order valence-electron chi connectivity index (χ2n) is 4.02. The molecule has 2 aromatic rings. The number of halogens is 1. The van der Waals surface area contributed by atoms with Crippen LogP contribution in [0.15, 0.2) is 42.5 Å². The average molecular weight is 244 g/mol. The number of carbonyl (C=O) groups excluding carboxylic acids is 1. The van der Waals surface area contributed by atoms with Gasteiger partial charge in [-0.3, -0.25) is 4.79 Å². The number of hydrogen-bond donors (Lipinski definition) is 2. The van der Waals surface area contributed by atoms with Gasteiger partial charge in [-0.25, -0.2) is 4.39 Å². The molecule has 2 rings (SSSR count). The molecule has 0 spiro atoms. The molecular formula is C14H13FN2O. The lowest BCUT2D eigenvalue weighted by molar-refractivity contribution is 0.102. The maximum Gasteiger partial charge on any atom is 0.258 e. The smallest absolute Gasteiger partial charge is 0.258 e. The number of hydrogen-bond acceptors (Lipinski definition) is 2. The van der Waals surface area contributed by atoms with E-state index in [1.807, 2.05) is 13.0 Å². The summed E-state index contributed by atoms with van der Waals surface area (Å²) in [5.74, 6) is -1.06. The summed E-state index contributed by atoms with van der Waals surface area (Å²) in [5, 5.41) is 2.60. The fraction of sp³-hybridized carbons (Fsp3) is 0.0714. The second-order valence-corrected chi connectivity index (χ2v) is 4.02. The topological polar surface area (TPSA) is 55.1 Å². The lowest BCUT2D eigenvalue weighted by atomic mass is 10.1. The van der Waals surface area contributed by atoms with E-state index in [1.165, 1.54) is 18.2 Å². The number of carbonyl (C=O) groups is 1. The van der Waals surface area contributed by atoms with Gasteiger partial charge in [0.1, 0.15) is 5.82 Å². The molecule has 0 aliphatic rings. The number of nitrogens with one attached hydrogen (secondary N) is 1. The van der Waals surface area contributed by atoms with Crippen LogP contribution in [0.25, 0.3) is 0 Å². The van der Waals surface area contributed by atoms with E-state index in [0.717, 1.165) is 5.56 Å². The van der Waals surface area contributed by atoms with E-state index in [4.69, 9.17) is 5.73 Å². The van der Waals surface area contributed by atoms with Crippen molar-refractivity contribution in [2.45, 2.75) is 6.92 Å². The van der Waals surface area contributed by atoms with Crippen molar-refractivity contribution in [1.29, 1.82) is 0 Å². The summed E-state index contributed by atoms with van der Waals surface area (Å²) in [5.41, 5.74) is 7.65. The number of aryl methyl sites for hydroxylation is 1. The van der Waals surface area contributed by atoms with Crippen LogP contribution in [-0.2, 0) is 0 Å². The Balaban J connectivity index is 2.27. The van der Waals surface area contributed by atoms with Crippen LogP contribution in [0.4, 0.5) is 15.8 Å². The Bertz CT molecular complexity index is 596. The van der Waals surface area contributed by atoms with Gasteiger partial charge in [-0.2, -0.15) is 0 Å². The highest BCUT2D eigenvalue weighted by Crippen LogP contribution is 2.20. The van der Waals surface area contributed by atoms with Crippen LogP contribution in [-0.4, -0.2) is 5.91 Å². The molecule has 0 radical (unpaired) electrons. The molecular weight excluding hydrogens is 231 g/mol. The minimum atomic E-state index is -0.554. The molecule has 92 valence electrons. The zero-order chi connectivity index (χ0) is 13.1. The number of anilines is 2. The van der Waals surface area contributed by atoms with Crippen molar-refractivity contribution in [2.24, 2.45) is 0 Å². The van der Waals surface area contributed by atoms with Crippen molar-refractivity contribution in [3.63, 3.8) is 0 Å². The van der Waals surface area contributed by atoms with Gasteiger partial charge in [0.2, 0.25) is 0 Å². The third kappa shape index (κ3) is 2.48. The van der Waals surface area contributed by atoms with Crippen molar-refractivity contribution in [2.75, 3.05) is 11.1 Å². The highest BCUT2D eigenvalue weighted by Gasteiger charge is 2.12.